The van der Waals surface area contributed by atoms with Crippen LogP contribution in [0.25, 0.3) is 0 Å². The van der Waals surface area contributed by atoms with Gasteiger partial charge in [-0.3, -0.25) is 0 Å². The van der Waals surface area contributed by atoms with Crippen LogP contribution in [0.2, 0.25) is 0 Å². The summed E-state index contributed by atoms with van der Waals surface area (Å²) in [7, 11) is 0. The molecule has 0 radical (unpaired) electrons. The van der Waals surface area contributed by atoms with Gasteiger partial charge < -0.3 is 14.2 Å². The highest BCUT2D eigenvalue weighted by Crippen LogP contribution is 2.31. The quantitative estimate of drug-likeness (QED) is 0.691. The SMILES string of the molecule is C=C[C@H]1O[C@H]2CCCO[C@@H]2C[C@@H]1OC(C)C. The van der Waals surface area contributed by atoms with Crippen LogP contribution in [-0.4, -0.2) is 37.1 Å². The maximum absolute atomic E-state index is 5.98. The summed E-state index contributed by atoms with van der Waals surface area (Å²) in [4.78, 5) is 0. The molecule has 0 aromatic carbocycles. The van der Waals surface area contributed by atoms with Crippen LogP contribution >= 0.6 is 0 Å². The zero-order valence-corrected chi connectivity index (χ0v) is 10.2. The van der Waals surface area contributed by atoms with Crippen LogP contribution in [0.4, 0.5) is 0 Å². The van der Waals surface area contributed by atoms with Crippen LogP contribution in [0.15, 0.2) is 12.7 Å². The van der Waals surface area contributed by atoms with E-state index < -0.39 is 0 Å². The molecule has 3 heteroatoms. The predicted molar refractivity (Wildman–Crippen MR) is 62.5 cm³/mol. The monoisotopic (exact) mass is 226 g/mol. The van der Waals surface area contributed by atoms with Crippen LogP contribution in [0.3, 0.4) is 0 Å². The Hall–Kier alpha value is -0.380. The van der Waals surface area contributed by atoms with Crippen molar-refractivity contribution in [1.29, 1.82) is 0 Å². The fourth-order valence-corrected chi connectivity index (χ4v) is 2.53. The maximum Gasteiger partial charge on any atom is 0.102 e. The Kier molecular flexibility index (Phi) is 4.00. The first-order valence-corrected chi connectivity index (χ1v) is 6.25. The van der Waals surface area contributed by atoms with Crippen LogP contribution < -0.4 is 0 Å². The number of ether oxygens (including phenoxy) is 3. The molecule has 2 heterocycles. The van der Waals surface area contributed by atoms with Crippen LogP contribution in [0, 0.1) is 0 Å². The molecule has 3 nitrogen and oxygen atoms in total. The summed E-state index contributed by atoms with van der Waals surface area (Å²) >= 11 is 0. The molecule has 0 saturated carbocycles. The minimum absolute atomic E-state index is 0.0188. The largest absolute Gasteiger partial charge is 0.375 e. The minimum atomic E-state index is 0.0188. The molecule has 0 spiro atoms. The van der Waals surface area contributed by atoms with Crippen molar-refractivity contribution in [3.05, 3.63) is 12.7 Å². The van der Waals surface area contributed by atoms with E-state index in [1.807, 2.05) is 19.9 Å². The molecule has 0 unspecified atom stereocenters. The molecule has 0 aliphatic carbocycles. The van der Waals surface area contributed by atoms with Crippen molar-refractivity contribution in [2.24, 2.45) is 0 Å². The van der Waals surface area contributed by atoms with Gasteiger partial charge in [0.15, 0.2) is 0 Å². The van der Waals surface area contributed by atoms with Crippen molar-refractivity contribution in [3.8, 4) is 0 Å². The van der Waals surface area contributed by atoms with E-state index >= 15 is 0 Å². The molecule has 4 atom stereocenters. The van der Waals surface area contributed by atoms with E-state index in [2.05, 4.69) is 6.58 Å². The highest BCUT2D eigenvalue weighted by molar-refractivity contribution is 4.96. The van der Waals surface area contributed by atoms with Crippen molar-refractivity contribution in [3.63, 3.8) is 0 Å². The van der Waals surface area contributed by atoms with Crippen molar-refractivity contribution in [2.75, 3.05) is 6.61 Å². The van der Waals surface area contributed by atoms with Crippen molar-refractivity contribution in [2.45, 2.75) is 63.6 Å². The number of hydrogen-bond acceptors (Lipinski definition) is 3. The van der Waals surface area contributed by atoms with Gasteiger partial charge in [-0.05, 0) is 26.7 Å². The fraction of sp³-hybridized carbons (Fsp3) is 0.846. The Labute approximate surface area is 97.8 Å². The van der Waals surface area contributed by atoms with Crippen molar-refractivity contribution >= 4 is 0 Å². The van der Waals surface area contributed by atoms with Gasteiger partial charge in [-0.15, -0.1) is 6.58 Å². The van der Waals surface area contributed by atoms with E-state index in [1.165, 1.54) is 0 Å². The third-order valence-electron chi connectivity index (χ3n) is 3.22. The van der Waals surface area contributed by atoms with Crippen molar-refractivity contribution in [1.82, 2.24) is 0 Å². The Balaban J connectivity index is 1.99. The van der Waals surface area contributed by atoms with Gasteiger partial charge >= 0.3 is 0 Å². The van der Waals surface area contributed by atoms with Gasteiger partial charge in [-0.25, -0.2) is 0 Å². The van der Waals surface area contributed by atoms with Gasteiger partial charge in [0.1, 0.15) is 6.10 Å². The second-order valence-electron chi connectivity index (χ2n) is 4.89. The molecule has 2 rings (SSSR count). The Morgan fingerprint density at radius 3 is 2.88 bits per heavy atom. The third-order valence-corrected chi connectivity index (χ3v) is 3.22. The zero-order chi connectivity index (χ0) is 11.5. The van der Waals surface area contributed by atoms with Crippen LogP contribution in [0.5, 0.6) is 0 Å². The molecule has 2 saturated heterocycles. The standard InChI is InChI=1S/C13H22O3/c1-4-10-13(15-9(2)3)8-12-11(16-10)6-5-7-14-12/h4,9-13H,1,5-8H2,2-3H3/t10-,11+,12-,13+/m1/s1. The lowest BCUT2D eigenvalue weighted by molar-refractivity contribution is -0.206. The lowest BCUT2D eigenvalue weighted by Gasteiger charge is -2.43. The zero-order valence-electron chi connectivity index (χ0n) is 10.2. The molecule has 2 aliphatic heterocycles. The minimum Gasteiger partial charge on any atom is -0.375 e. The fourth-order valence-electron chi connectivity index (χ4n) is 2.53. The highest BCUT2D eigenvalue weighted by Gasteiger charge is 2.39. The molecular weight excluding hydrogens is 204 g/mol. The normalized spacial score (nSPS) is 39.4. The second kappa shape index (κ2) is 5.30. The average molecular weight is 226 g/mol. The van der Waals surface area contributed by atoms with E-state index in [9.17, 15) is 0 Å². The molecule has 0 N–H and O–H groups in total. The van der Waals surface area contributed by atoms with Crippen LogP contribution in [-0.2, 0) is 14.2 Å². The van der Waals surface area contributed by atoms with Gasteiger partial charge in [0.25, 0.3) is 0 Å². The molecule has 0 aromatic heterocycles. The molecule has 2 aliphatic rings. The molecular formula is C13H22O3. The first-order valence-electron chi connectivity index (χ1n) is 6.25. The molecule has 0 amide bonds. The Bertz CT molecular complexity index is 239. The van der Waals surface area contributed by atoms with Gasteiger partial charge in [-0.2, -0.15) is 0 Å². The van der Waals surface area contributed by atoms with Gasteiger partial charge in [0.05, 0.1) is 24.4 Å². The Morgan fingerprint density at radius 1 is 1.38 bits per heavy atom. The summed E-state index contributed by atoms with van der Waals surface area (Å²) in [6.45, 7) is 8.79. The molecule has 92 valence electrons. The smallest absolute Gasteiger partial charge is 0.102 e. The molecule has 2 fully saturated rings. The number of fused-ring (bicyclic) bond motifs is 1. The van der Waals surface area contributed by atoms with E-state index in [0.717, 1.165) is 25.9 Å². The first-order chi connectivity index (χ1) is 7.70. The maximum atomic E-state index is 5.98. The summed E-state index contributed by atoms with van der Waals surface area (Å²) in [5, 5.41) is 0. The number of hydrogen-bond donors (Lipinski definition) is 0. The third kappa shape index (κ3) is 2.65. The lowest BCUT2D eigenvalue weighted by Crippen LogP contribution is -2.50. The van der Waals surface area contributed by atoms with E-state index in [4.69, 9.17) is 14.2 Å². The number of rotatable bonds is 3. The second-order valence-corrected chi connectivity index (χ2v) is 4.89. The van der Waals surface area contributed by atoms with E-state index in [1.54, 1.807) is 0 Å². The summed E-state index contributed by atoms with van der Waals surface area (Å²) in [5.74, 6) is 0. The molecule has 16 heavy (non-hydrogen) atoms. The molecule has 0 aromatic rings. The topological polar surface area (TPSA) is 27.7 Å². The summed E-state index contributed by atoms with van der Waals surface area (Å²) < 4.78 is 17.6. The summed E-state index contributed by atoms with van der Waals surface area (Å²) in [6, 6.07) is 0. The van der Waals surface area contributed by atoms with E-state index in [0.29, 0.717) is 0 Å². The predicted octanol–water partition coefficient (Wildman–Crippen LogP) is 2.30. The highest BCUT2D eigenvalue weighted by atomic mass is 16.6. The lowest BCUT2D eigenvalue weighted by atomic mass is 9.93. The first kappa shape index (κ1) is 12.1. The van der Waals surface area contributed by atoms with Crippen LogP contribution in [0.1, 0.15) is 33.1 Å². The molecule has 0 bridgehead atoms. The van der Waals surface area contributed by atoms with E-state index in [-0.39, 0.29) is 30.5 Å². The summed E-state index contributed by atoms with van der Waals surface area (Å²) in [6.07, 6.45) is 5.78. The summed E-state index contributed by atoms with van der Waals surface area (Å²) in [5.41, 5.74) is 0. The van der Waals surface area contributed by atoms with Gasteiger partial charge in [0, 0.05) is 13.0 Å². The Morgan fingerprint density at radius 2 is 2.19 bits per heavy atom. The van der Waals surface area contributed by atoms with Gasteiger partial charge in [0.2, 0.25) is 0 Å². The average Bonchev–Trinajstić information content (AvgIpc) is 2.27. The van der Waals surface area contributed by atoms with Crippen molar-refractivity contribution < 1.29 is 14.2 Å². The van der Waals surface area contributed by atoms with Gasteiger partial charge in [-0.1, -0.05) is 6.08 Å².